The smallest absolute Gasteiger partial charge is 0.316 e. The molecule has 2 aliphatic rings. The van der Waals surface area contributed by atoms with Crippen LogP contribution in [-0.2, 0) is 23.8 Å². The van der Waals surface area contributed by atoms with Crippen molar-refractivity contribution in [3.63, 3.8) is 0 Å². The number of carbonyl (C=O) groups is 2. The van der Waals surface area contributed by atoms with Crippen molar-refractivity contribution >= 4 is 11.8 Å². The Balaban J connectivity index is 2.53. The van der Waals surface area contributed by atoms with E-state index in [0.29, 0.717) is 13.0 Å². The van der Waals surface area contributed by atoms with Crippen LogP contribution >= 0.6 is 0 Å². The highest BCUT2D eigenvalue weighted by atomic mass is 16.7. The van der Waals surface area contributed by atoms with E-state index >= 15 is 0 Å². The van der Waals surface area contributed by atoms with Gasteiger partial charge in [-0.05, 0) is 80.9 Å². The van der Waals surface area contributed by atoms with E-state index in [-0.39, 0.29) is 30.9 Å². The van der Waals surface area contributed by atoms with E-state index in [0.717, 1.165) is 0 Å². The lowest BCUT2D eigenvalue weighted by atomic mass is 9.78. The Morgan fingerprint density at radius 2 is 1.66 bits per heavy atom. The number of nitrogens with zero attached hydrogens (tertiary/aromatic N) is 2. The fourth-order valence-corrected chi connectivity index (χ4v) is 6.58. The Labute approximate surface area is 246 Å². The van der Waals surface area contributed by atoms with Crippen LogP contribution in [0, 0.1) is 17.8 Å². The predicted octanol–water partition coefficient (Wildman–Crippen LogP) is 1.18. The molecule has 0 aromatic carbocycles. The monoisotopic (exact) mass is 588 g/mol. The highest BCUT2D eigenvalue weighted by Gasteiger charge is 2.49. The number of aliphatic hydroxyl groups is 4. The molecule has 0 radical (unpaired) electrons. The molecule has 0 aromatic heterocycles. The minimum absolute atomic E-state index is 0.129. The van der Waals surface area contributed by atoms with E-state index in [9.17, 15) is 30.0 Å². The van der Waals surface area contributed by atoms with Crippen LogP contribution in [0.1, 0.15) is 74.7 Å². The largest absolute Gasteiger partial charge is 0.459 e. The number of likely N-dealkylation sites (N-methyl/N-ethyl adjacent to an activating group) is 2. The fourth-order valence-electron chi connectivity index (χ4n) is 6.58. The van der Waals surface area contributed by atoms with E-state index in [1.165, 1.54) is 13.8 Å². The summed E-state index contributed by atoms with van der Waals surface area (Å²) >= 11 is 0. The molecule has 0 saturated carbocycles. The molecule has 2 rings (SSSR count). The maximum atomic E-state index is 13.7. The number of Topliss-reactive ketones (excluding diaryl/α,β-unsaturated/α-hetero) is 1. The van der Waals surface area contributed by atoms with Crippen molar-refractivity contribution in [2.45, 2.75) is 135 Å². The summed E-state index contributed by atoms with van der Waals surface area (Å²) in [6, 6.07) is -0.773. The number of hydrogen-bond acceptors (Lipinski definition) is 11. The molecular weight excluding hydrogens is 532 g/mol. The summed E-state index contributed by atoms with van der Waals surface area (Å²) in [7, 11) is 5.54. The van der Waals surface area contributed by atoms with Gasteiger partial charge in [-0.15, -0.1) is 0 Å². The Bertz CT molecular complexity index is 882. The minimum atomic E-state index is -1.78. The van der Waals surface area contributed by atoms with E-state index in [1.54, 1.807) is 27.7 Å². The zero-order chi connectivity index (χ0) is 31.6. The summed E-state index contributed by atoms with van der Waals surface area (Å²) in [6.45, 7) is 13.9. The molecule has 2 aliphatic heterocycles. The first kappa shape index (κ1) is 36.0. The number of ether oxygens (including phenoxy) is 3. The first-order valence-corrected chi connectivity index (χ1v) is 15.0. The second-order valence-electron chi connectivity index (χ2n) is 13.4. The van der Waals surface area contributed by atoms with Crippen molar-refractivity contribution in [1.82, 2.24) is 9.80 Å². The third kappa shape index (κ3) is 8.26. The Morgan fingerprint density at radius 3 is 2.20 bits per heavy atom. The Morgan fingerprint density at radius 1 is 1.07 bits per heavy atom. The van der Waals surface area contributed by atoms with Gasteiger partial charge in [0.2, 0.25) is 0 Å². The lowest BCUT2D eigenvalue weighted by Crippen LogP contribution is -2.59. The predicted molar refractivity (Wildman–Crippen MR) is 154 cm³/mol. The van der Waals surface area contributed by atoms with Gasteiger partial charge < -0.3 is 44.4 Å². The summed E-state index contributed by atoms with van der Waals surface area (Å²) in [5, 5.41) is 45.5. The van der Waals surface area contributed by atoms with Gasteiger partial charge >= 0.3 is 5.97 Å². The van der Waals surface area contributed by atoms with Crippen molar-refractivity contribution in [1.29, 1.82) is 0 Å². The normalized spacial score (nSPS) is 46.6. The van der Waals surface area contributed by atoms with Crippen LogP contribution in [0.25, 0.3) is 0 Å². The maximum absolute atomic E-state index is 13.7. The molecule has 0 aromatic rings. The quantitative estimate of drug-likeness (QED) is 0.277. The molecule has 2 fully saturated rings. The molecule has 2 heterocycles. The second kappa shape index (κ2) is 14.1. The number of ketones is 1. The average molecular weight is 589 g/mol. The van der Waals surface area contributed by atoms with Gasteiger partial charge in [0, 0.05) is 24.5 Å². The van der Waals surface area contributed by atoms with Crippen LogP contribution in [0.5, 0.6) is 0 Å². The zero-order valence-electron chi connectivity index (χ0n) is 26.9. The topological polar surface area (TPSA) is 149 Å². The number of hydrogen-bond donors (Lipinski definition) is 4. The van der Waals surface area contributed by atoms with Crippen LogP contribution in [-0.4, -0.2) is 130 Å². The molecule has 11 nitrogen and oxygen atoms in total. The molecule has 11 heteroatoms. The zero-order valence-corrected chi connectivity index (χ0v) is 26.9. The van der Waals surface area contributed by atoms with Gasteiger partial charge in [0.05, 0.1) is 17.8 Å². The van der Waals surface area contributed by atoms with Crippen molar-refractivity contribution in [3.05, 3.63) is 0 Å². The van der Waals surface area contributed by atoms with E-state index in [4.69, 9.17) is 14.2 Å². The summed E-state index contributed by atoms with van der Waals surface area (Å²) in [6.07, 6.45) is -4.79. The van der Waals surface area contributed by atoms with Crippen molar-refractivity contribution in [2.75, 3.05) is 27.7 Å². The van der Waals surface area contributed by atoms with Gasteiger partial charge in [-0.2, -0.15) is 0 Å². The number of aliphatic hydroxyl groups excluding tert-OH is 2. The summed E-state index contributed by atoms with van der Waals surface area (Å²) in [5.74, 6) is -3.68. The highest BCUT2D eigenvalue weighted by Crippen LogP contribution is 2.35. The fraction of sp³-hybridized carbons (Fsp3) is 0.933. The Hall–Kier alpha value is -1.18. The molecule has 13 atom stereocenters. The van der Waals surface area contributed by atoms with Gasteiger partial charge in [-0.3, -0.25) is 9.59 Å². The average Bonchev–Trinajstić information content (AvgIpc) is 2.87. The third-order valence-corrected chi connectivity index (χ3v) is 9.25. The molecular formula is C30H56N2O9. The lowest BCUT2D eigenvalue weighted by Gasteiger charge is -2.45. The molecule has 240 valence electrons. The summed E-state index contributed by atoms with van der Waals surface area (Å²) in [5.41, 5.74) is -3.34. The standard InChI is InChI=1S/C30H56N2O9/c1-12-22-30(8,38)25(35)20(6)32(11)15-16(2)14-29(7,37)26(18(4)23(33)19(5)27(36)40-22)41-28-24(34)21(31(9)10)13-17(3)39-28/h16-22,24-26,28,34-35,37-38H,12-15H2,1-11H3/t16-,17-,18+,19-,20-,21+,22-,24-,25-,26-,28+,29-,30-/m1/s1. The number of cyclic esters (lactones) is 1. The van der Waals surface area contributed by atoms with Gasteiger partial charge in [-0.1, -0.05) is 20.8 Å². The van der Waals surface area contributed by atoms with Crippen molar-refractivity contribution in [2.24, 2.45) is 17.8 Å². The van der Waals surface area contributed by atoms with Crippen molar-refractivity contribution < 1.29 is 44.2 Å². The number of rotatable bonds is 4. The van der Waals surface area contributed by atoms with E-state index in [2.05, 4.69) is 0 Å². The highest BCUT2D eigenvalue weighted by molar-refractivity contribution is 6.00. The van der Waals surface area contributed by atoms with Crippen LogP contribution in [0.3, 0.4) is 0 Å². The number of esters is 1. The Kier molecular flexibility index (Phi) is 12.4. The first-order chi connectivity index (χ1) is 18.8. The van der Waals surface area contributed by atoms with Gasteiger partial charge in [0.1, 0.15) is 29.8 Å². The first-order valence-electron chi connectivity index (χ1n) is 15.0. The van der Waals surface area contributed by atoms with Gasteiger partial charge in [0.25, 0.3) is 0 Å². The molecule has 0 amide bonds. The minimum Gasteiger partial charge on any atom is -0.459 e. The summed E-state index contributed by atoms with van der Waals surface area (Å²) < 4.78 is 18.0. The molecule has 0 aliphatic carbocycles. The molecule has 0 unspecified atom stereocenters. The number of carbonyl (C=O) groups excluding carboxylic acids is 2. The van der Waals surface area contributed by atoms with Crippen molar-refractivity contribution in [3.8, 4) is 0 Å². The van der Waals surface area contributed by atoms with E-state index < -0.39 is 71.5 Å². The van der Waals surface area contributed by atoms with Gasteiger partial charge in [-0.25, -0.2) is 0 Å². The molecule has 0 spiro atoms. The van der Waals surface area contributed by atoms with Gasteiger partial charge in [0.15, 0.2) is 12.1 Å². The van der Waals surface area contributed by atoms with Crippen LogP contribution < -0.4 is 0 Å². The molecule has 41 heavy (non-hydrogen) atoms. The maximum Gasteiger partial charge on any atom is 0.316 e. The molecule has 0 bridgehead atoms. The van der Waals surface area contributed by atoms with Crippen LogP contribution in [0.15, 0.2) is 0 Å². The SMILES string of the molecule is CC[C@H]1OC(=O)[C@H](C)C(=O)[C@H](C)[C@@H](O[C@@H]2O[C@H](C)C[C@H](N(C)C)[C@H]2O)[C@](C)(O)C[C@@H](C)CN(C)[C@H](C)[C@@H](O)[C@]1(C)O. The van der Waals surface area contributed by atoms with E-state index in [1.807, 2.05) is 44.8 Å². The molecule has 2 saturated heterocycles. The second-order valence-corrected chi connectivity index (χ2v) is 13.4. The third-order valence-electron chi connectivity index (χ3n) is 9.25. The molecule has 4 N–H and O–H groups in total. The van der Waals surface area contributed by atoms with Crippen LogP contribution in [0.4, 0.5) is 0 Å². The lowest BCUT2D eigenvalue weighted by molar-refractivity contribution is -0.293. The van der Waals surface area contributed by atoms with Crippen LogP contribution in [0.2, 0.25) is 0 Å². The summed E-state index contributed by atoms with van der Waals surface area (Å²) in [4.78, 5) is 30.7.